The van der Waals surface area contributed by atoms with Crippen molar-refractivity contribution in [3.05, 3.63) is 29.8 Å². The van der Waals surface area contributed by atoms with Crippen molar-refractivity contribution < 1.29 is 4.79 Å². The number of hydrogen-bond donors (Lipinski definition) is 1. The molecule has 1 aromatic rings. The Morgan fingerprint density at radius 3 is 2.78 bits per heavy atom. The molecule has 0 bridgehead atoms. The fourth-order valence-electron chi connectivity index (χ4n) is 2.51. The maximum Gasteiger partial charge on any atom is 0.239 e. The molecule has 2 rings (SSSR count). The van der Waals surface area contributed by atoms with E-state index in [2.05, 4.69) is 31.0 Å². The van der Waals surface area contributed by atoms with Crippen molar-refractivity contribution in [2.45, 2.75) is 32.5 Å². The Morgan fingerprint density at radius 1 is 1.44 bits per heavy atom. The highest BCUT2D eigenvalue weighted by Gasteiger charge is 2.28. The second kappa shape index (κ2) is 4.98. The second-order valence-electron chi connectivity index (χ2n) is 5.11. The Kier molecular flexibility index (Phi) is 3.57. The van der Waals surface area contributed by atoms with Gasteiger partial charge in [-0.2, -0.15) is 0 Å². The highest BCUT2D eigenvalue weighted by atomic mass is 16.2. The van der Waals surface area contributed by atoms with Crippen LogP contribution in [0.15, 0.2) is 24.3 Å². The number of nitrogens with zero attached hydrogens (tertiary/aromatic N) is 2. The van der Waals surface area contributed by atoms with E-state index in [1.807, 2.05) is 17.0 Å². The molecule has 18 heavy (non-hydrogen) atoms. The normalized spacial score (nSPS) is 21.2. The zero-order valence-electron chi connectivity index (χ0n) is 11.3. The number of carbonyl (C=O) groups is 1. The number of anilines is 1. The summed E-state index contributed by atoms with van der Waals surface area (Å²) in [5.41, 5.74) is 8.11. The number of rotatable bonds is 1. The number of carbonyl (C=O) groups excluding carboxylic acids is 1. The van der Waals surface area contributed by atoms with E-state index in [-0.39, 0.29) is 11.9 Å². The number of benzene rings is 1. The molecule has 4 heteroatoms. The molecule has 0 aliphatic carbocycles. The standard InChI is InChI=1S/C14H21N3O/c1-10-8-16(3)13-7-5-4-6-12(13)9-17(10)14(18)11(2)15/h4-7,10-11H,8-9,15H2,1-3H3/t10?,11-/m1/s1. The number of amides is 1. The number of nitrogens with two attached hydrogens (primary N) is 1. The molecule has 0 radical (unpaired) electrons. The number of likely N-dealkylation sites (N-methyl/N-ethyl adjacent to an activating group) is 1. The molecule has 1 aromatic carbocycles. The van der Waals surface area contributed by atoms with Crippen LogP contribution in [-0.4, -0.2) is 36.5 Å². The van der Waals surface area contributed by atoms with Gasteiger partial charge < -0.3 is 15.5 Å². The van der Waals surface area contributed by atoms with Gasteiger partial charge in [-0.3, -0.25) is 4.79 Å². The smallest absolute Gasteiger partial charge is 0.239 e. The largest absolute Gasteiger partial charge is 0.372 e. The third kappa shape index (κ3) is 2.34. The summed E-state index contributed by atoms with van der Waals surface area (Å²) in [7, 11) is 2.06. The van der Waals surface area contributed by atoms with Gasteiger partial charge in [-0.1, -0.05) is 18.2 Å². The zero-order valence-corrected chi connectivity index (χ0v) is 11.3. The van der Waals surface area contributed by atoms with Crippen molar-refractivity contribution in [1.29, 1.82) is 0 Å². The highest BCUT2D eigenvalue weighted by Crippen LogP contribution is 2.26. The minimum Gasteiger partial charge on any atom is -0.372 e. The van der Waals surface area contributed by atoms with Gasteiger partial charge in [0.15, 0.2) is 0 Å². The summed E-state index contributed by atoms with van der Waals surface area (Å²) in [6.07, 6.45) is 0. The first-order chi connectivity index (χ1) is 8.50. The van der Waals surface area contributed by atoms with Gasteiger partial charge in [0.1, 0.15) is 0 Å². The van der Waals surface area contributed by atoms with E-state index in [4.69, 9.17) is 5.73 Å². The van der Waals surface area contributed by atoms with E-state index in [9.17, 15) is 4.79 Å². The topological polar surface area (TPSA) is 49.6 Å². The minimum atomic E-state index is -0.442. The number of para-hydroxylation sites is 1. The van der Waals surface area contributed by atoms with Gasteiger partial charge in [0.05, 0.1) is 6.04 Å². The van der Waals surface area contributed by atoms with E-state index in [0.717, 1.165) is 6.54 Å². The molecule has 1 amide bonds. The molecule has 1 unspecified atom stereocenters. The molecular weight excluding hydrogens is 226 g/mol. The van der Waals surface area contributed by atoms with Gasteiger partial charge in [-0.05, 0) is 25.5 Å². The van der Waals surface area contributed by atoms with Gasteiger partial charge in [0.25, 0.3) is 0 Å². The second-order valence-corrected chi connectivity index (χ2v) is 5.11. The molecule has 2 atom stereocenters. The van der Waals surface area contributed by atoms with Crippen molar-refractivity contribution in [3.63, 3.8) is 0 Å². The van der Waals surface area contributed by atoms with Crippen molar-refractivity contribution in [3.8, 4) is 0 Å². The van der Waals surface area contributed by atoms with Crippen LogP contribution in [0, 0.1) is 0 Å². The molecule has 0 saturated carbocycles. The number of hydrogen-bond acceptors (Lipinski definition) is 3. The fourth-order valence-corrected chi connectivity index (χ4v) is 2.51. The molecule has 0 fully saturated rings. The quantitative estimate of drug-likeness (QED) is 0.811. The molecule has 1 aliphatic rings. The predicted octanol–water partition coefficient (Wildman–Crippen LogP) is 1.20. The van der Waals surface area contributed by atoms with Gasteiger partial charge >= 0.3 is 0 Å². The molecule has 0 spiro atoms. The molecule has 4 nitrogen and oxygen atoms in total. The molecule has 1 aliphatic heterocycles. The highest BCUT2D eigenvalue weighted by molar-refractivity contribution is 5.82. The fraction of sp³-hybridized carbons (Fsp3) is 0.500. The lowest BCUT2D eigenvalue weighted by molar-refractivity contribution is -0.134. The Balaban J connectivity index is 2.34. The van der Waals surface area contributed by atoms with Gasteiger partial charge in [-0.25, -0.2) is 0 Å². The zero-order chi connectivity index (χ0) is 13.3. The third-order valence-electron chi connectivity index (χ3n) is 3.49. The van der Waals surface area contributed by atoms with Crippen LogP contribution in [0.5, 0.6) is 0 Å². The molecule has 2 N–H and O–H groups in total. The van der Waals surface area contributed by atoms with Crippen molar-refractivity contribution >= 4 is 11.6 Å². The van der Waals surface area contributed by atoms with E-state index in [1.54, 1.807) is 6.92 Å². The minimum absolute atomic E-state index is 0.0209. The van der Waals surface area contributed by atoms with Crippen molar-refractivity contribution in [2.24, 2.45) is 5.73 Å². The Labute approximate surface area is 108 Å². The monoisotopic (exact) mass is 247 g/mol. The summed E-state index contributed by atoms with van der Waals surface area (Å²) in [5, 5.41) is 0. The third-order valence-corrected chi connectivity index (χ3v) is 3.49. The lowest BCUT2D eigenvalue weighted by atomic mass is 10.1. The first-order valence-corrected chi connectivity index (χ1v) is 6.36. The van der Waals surface area contributed by atoms with Crippen molar-refractivity contribution in [1.82, 2.24) is 4.90 Å². The van der Waals surface area contributed by atoms with Gasteiger partial charge in [0, 0.05) is 31.9 Å². The van der Waals surface area contributed by atoms with Crippen LogP contribution in [0.1, 0.15) is 19.4 Å². The first-order valence-electron chi connectivity index (χ1n) is 6.36. The summed E-state index contributed by atoms with van der Waals surface area (Å²) >= 11 is 0. The van der Waals surface area contributed by atoms with Crippen LogP contribution in [0.4, 0.5) is 5.69 Å². The molecule has 1 heterocycles. The maximum atomic E-state index is 12.2. The molecule has 0 aromatic heterocycles. The lowest BCUT2D eigenvalue weighted by Crippen LogP contribution is -2.48. The van der Waals surface area contributed by atoms with Gasteiger partial charge in [-0.15, -0.1) is 0 Å². The average molecular weight is 247 g/mol. The van der Waals surface area contributed by atoms with Gasteiger partial charge in [0.2, 0.25) is 5.91 Å². The predicted molar refractivity (Wildman–Crippen MR) is 73.4 cm³/mol. The summed E-state index contributed by atoms with van der Waals surface area (Å²) < 4.78 is 0. The van der Waals surface area contributed by atoms with E-state index in [0.29, 0.717) is 6.54 Å². The SMILES string of the molecule is CC1CN(C)c2ccccc2CN1C(=O)[C@@H](C)N. The van der Waals surface area contributed by atoms with Crippen LogP contribution in [0.3, 0.4) is 0 Å². The van der Waals surface area contributed by atoms with Crippen LogP contribution >= 0.6 is 0 Å². The average Bonchev–Trinajstić information content (AvgIpc) is 2.46. The Morgan fingerprint density at radius 2 is 2.11 bits per heavy atom. The van der Waals surface area contributed by atoms with Crippen molar-refractivity contribution in [2.75, 3.05) is 18.5 Å². The molecule has 0 saturated heterocycles. The number of fused-ring (bicyclic) bond motifs is 1. The summed E-state index contributed by atoms with van der Waals surface area (Å²) in [6.45, 7) is 5.29. The summed E-state index contributed by atoms with van der Waals surface area (Å²) in [5.74, 6) is 0.0209. The van der Waals surface area contributed by atoms with E-state index >= 15 is 0 Å². The van der Waals surface area contributed by atoms with Crippen LogP contribution in [-0.2, 0) is 11.3 Å². The summed E-state index contributed by atoms with van der Waals surface area (Å²) in [6, 6.07) is 7.94. The Bertz CT molecular complexity index is 444. The molecular formula is C14H21N3O. The summed E-state index contributed by atoms with van der Waals surface area (Å²) in [4.78, 5) is 16.2. The van der Waals surface area contributed by atoms with Crippen LogP contribution < -0.4 is 10.6 Å². The Hall–Kier alpha value is -1.55. The molecule has 98 valence electrons. The van der Waals surface area contributed by atoms with E-state index in [1.165, 1.54) is 11.3 Å². The maximum absolute atomic E-state index is 12.2. The van der Waals surface area contributed by atoms with Crippen LogP contribution in [0.25, 0.3) is 0 Å². The van der Waals surface area contributed by atoms with E-state index < -0.39 is 6.04 Å². The van der Waals surface area contributed by atoms with Crippen LogP contribution in [0.2, 0.25) is 0 Å². The lowest BCUT2D eigenvalue weighted by Gasteiger charge is -2.29. The first kappa shape index (κ1) is 12.9.